The molecule has 2 saturated carbocycles. The van der Waals surface area contributed by atoms with Gasteiger partial charge in [-0.25, -0.2) is 0 Å². The van der Waals surface area contributed by atoms with E-state index < -0.39 is 12.9 Å². The highest BCUT2D eigenvalue weighted by atomic mass is 32.1. The van der Waals surface area contributed by atoms with Crippen LogP contribution < -0.4 is 5.46 Å². The SMILES string of the molecule is CC1(C)CCC[C@@]2(C)c3c(sc4c(B(O)O)c(O)c(O)cc34)C(C3CC3)CC[C@H]12. The van der Waals surface area contributed by atoms with Gasteiger partial charge in [-0.05, 0) is 78.7 Å². The van der Waals surface area contributed by atoms with Crippen LogP contribution in [0.2, 0.25) is 0 Å². The number of phenolic OH excluding ortho intramolecular Hbond substituents is 2. The number of rotatable bonds is 2. The Morgan fingerprint density at radius 2 is 1.76 bits per heavy atom. The van der Waals surface area contributed by atoms with Crippen LogP contribution in [-0.2, 0) is 5.41 Å². The molecule has 0 amide bonds. The number of phenols is 2. The van der Waals surface area contributed by atoms with Crippen molar-refractivity contribution in [3.05, 3.63) is 16.5 Å². The lowest BCUT2D eigenvalue weighted by atomic mass is 9.53. The number of hydrogen-bond donors (Lipinski definition) is 4. The van der Waals surface area contributed by atoms with Gasteiger partial charge >= 0.3 is 7.12 Å². The molecule has 3 atom stereocenters. The number of fused-ring (bicyclic) bond motifs is 5. The van der Waals surface area contributed by atoms with Crippen molar-refractivity contribution in [2.75, 3.05) is 0 Å². The van der Waals surface area contributed by atoms with E-state index in [0.717, 1.165) is 22.4 Å². The third-order valence-electron chi connectivity index (χ3n) is 8.35. The maximum atomic E-state index is 10.4. The van der Waals surface area contributed by atoms with E-state index in [1.165, 1.54) is 49.0 Å². The molecule has 4 nitrogen and oxygen atoms in total. The molecule has 1 heterocycles. The van der Waals surface area contributed by atoms with Gasteiger partial charge in [0.15, 0.2) is 11.5 Å². The van der Waals surface area contributed by atoms with E-state index in [-0.39, 0.29) is 22.0 Å². The van der Waals surface area contributed by atoms with Gasteiger partial charge in [-0.3, -0.25) is 0 Å². The first-order valence-corrected chi connectivity index (χ1v) is 11.8. The van der Waals surface area contributed by atoms with Crippen LogP contribution in [0.3, 0.4) is 0 Å². The quantitative estimate of drug-likeness (QED) is 0.435. The molecule has 0 spiro atoms. The van der Waals surface area contributed by atoms with Crippen LogP contribution in [-0.4, -0.2) is 27.4 Å². The smallest absolute Gasteiger partial charge is 0.493 e. The lowest BCUT2D eigenvalue weighted by Crippen LogP contribution is -2.44. The number of thiophene rings is 1. The van der Waals surface area contributed by atoms with E-state index in [1.54, 1.807) is 17.4 Å². The van der Waals surface area contributed by atoms with Gasteiger partial charge < -0.3 is 20.3 Å². The minimum Gasteiger partial charge on any atom is -0.504 e. The van der Waals surface area contributed by atoms with Crippen molar-refractivity contribution in [1.82, 2.24) is 0 Å². The second kappa shape index (κ2) is 6.38. The van der Waals surface area contributed by atoms with E-state index in [9.17, 15) is 20.3 Å². The molecule has 6 heteroatoms. The van der Waals surface area contributed by atoms with E-state index in [1.807, 2.05) is 0 Å². The molecule has 29 heavy (non-hydrogen) atoms. The van der Waals surface area contributed by atoms with Gasteiger partial charge in [0.1, 0.15) is 0 Å². The monoisotopic (exact) mass is 414 g/mol. The highest BCUT2D eigenvalue weighted by Crippen LogP contribution is 2.63. The molecular formula is C23H31BO4S. The molecule has 156 valence electrons. The molecular weight excluding hydrogens is 383 g/mol. The summed E-state index contributed by atoms with van der Waals surface area (Å²) < 4.78 is 0.733. The summed E-state index contributed by atoms with van der Waals surface area (Å²) in [5, 5.41) is 41.7. The maximum Gasteiger partial charge on any atom is 0.493 e. The summed E-state index contributed by atoms with van der Waals surface area (Å²) in [6.45, 7) is 7.22. The first-order valence-electron chi connectivity index (χ1n) is 11.0. The van der Waals surface area contributed by atoms with Gasteiger partial charge in [-0.15, -0.1) is 11.3 Å². The van der Waals surface area contributed by atoms with E-state index in [0.29, 0.717) is 11.8 Å². The summed E-state index contributed by atoms with van der Waals surface area (Å²) in [4.78, 5) is 1.37. The third kappa shape index (κ3) is 2.79. The largest absolute Gasteiger partial charge is 0.504 e. The molecule has 5 rings (SSSR count). The molecule has 3 aliphatic carbocycles. The second-order valence-electron chi connectivity index (χ2n) is 10.6. The average molecular weight is 414 g/mol. The van der Waals surface area contributed by atoms with Crippen LogP contribution in [0.15, 0.2) is 6.07 Å². The molecule has 2 fully saturated rings. The first kappa shape index (κ1) is 19.7. The van der Waals surface area contributed by atoms with Crippen molar-refractivity contribution in [2.45, 2.75) is 77.0 Å². The summed E-state index contributed by atoms with van der Waals surface area (Å²) in [5.74, 6) is 1.12. The maximum absolute atomic E-state index is 10.4. The average Bonchev–Trinajstić information content (AvgIpc) is 3.40. The van der Waals surface area contributed by atoms with Crippen LogP contribution in [0.25, 0.3) is 10.1 Å². The Labute approximate surface area is 176 Å². The molecule has 3 aliphatic rings. The van der Waals surface area contributed by atoms with Gasteiger partial charge in [0.25, 0.3) is 0 Å². The van der Waals surface area contributed by atoms with Crippen molar-refractivity contribution < 1.29 is 20.3 Å². The molecule has 0 bridgehead atoms. The van der Waals surface area contributed by atoms with Crippen molar-refractivity contribution in [2.24, 2.45) is 17.3 Å². The lowest BCUT2D eigenvalue weighted by molar-refractivity contribution is 0.0501. The molecule has 0 aliphatic heterocycles. The van der Waals surface area contributed by atoms with Gasteiger partial charge in [0.05, 0.1) is 0 Å². The second-order valence-corrected chi connectivity index (χ2v) is 11.6. The van der Waals surface area contributed by atoms with Crippen LogP contribution in [0, 0.1) is 17.3 Å². The molecule has 1 aromatic heterocycles. The molecule has 2 aromatic rings. The Kier molecular flexibility index (Phi) is 4.34. The highest BCUT2D eigenvalue weighted by Gasteiger charge is 2.52. The van der Waals surface area contributed by atoms with Crippen LogP contribution in [0.4, 0.5) is 0 Å². The molecule has 0 saturated heterocycles. The zero-order valence-electron chi connectivity index (χ0n) is 17.5. The van der Waals surface area contributed by atoms with Crippen LogP contribution in [0.1, 0.15) is 82.1 Å². The summed E-state index contributed by atoms with van der Waals surface area (Å²) in [6.07, 6.45) is 8.51. The van der Waals surface area contributed by atoms with Gasteiger partial charge in [0, 0.05) is 20.4 Å². The van der Waals surface area contributed by atoms with Crippen molar-refractivity contribution in [3.8, 4) is 11.5 Å². The van der Waals surface area contributed by atoms with Crippen LogP contribution >= 0.6 is 11.3 Å². The Hall–Kier alpha value is -1.24. The van der Waals surface area contributed by atoms with Gasteiger partial charge in [-0.1, -0.05) is 27.2 Å². The zero-order valence-corrected chi connectivity index (χ0v) is 18.4. The molecule has 1 aromatic carbocycles. The molecule has 0 radical (unpaired) electrons. The first-order chi connectivity index (χ1) is 13.6. The lowest BCUT2D eigenvalue weighted by Gasteiger charge is -2.51. The van der Waals surface area contributed by atoms with Gasteiger partial charge in [0.2, 0.25) is 0 Å². The van der Waals surface area contributed by atoms with E-state index in [2.05, 4.69) is 20.8 Å². The zero-order chi connectivity index (χ0) is 20.7. The minimum atomic E-state index is -1.81. The number of hydrogen-bond acceptors (Lipinski definition) is 5. The summed E-state index contributed by atoms with van der Waals surface area (Å²) >= 11 is 1.63. The standard InChI is InChI=1S/C23H31BO4S/c1-22(2)9-4-10-23(3)16(22)8-7-13(12-5-6-12)20-17(23)14-11-15(25)19(26)18(24(27)28)21(14)29-20/h11-13,16,25-28H,4-10H2,1-3H3/t13?,16-,23-/m1/s1. The summed E-state index contributed by atoms with van der Waals surface area (Å²) in [6, 6.07) is 1.67. The Balaban J connectivity index is 1.85. The van der Waals surface area contributed by atoms with Crippen molar-refractivity contribution in [3.63, 3.8) is 0 Å². The predicted octanol–water partition coefficient (Wildman–Crippen LogP) is 4.36. The van der Waals surface area contributed by atoms with Crippen molar-refractivity contribution in [1.29, 1.82) is 0 Å². The van der Waals surface area contributed by atoms with Crippen LogP contribution in [0.5, 0.6) is 11.5 Å². The Morgan fingerprint density at radius 3 is 2.41 bits per heavy atom. The fourth-order valence-electron chi connectivity index (χ4n) is 6.90. The Bertz CT molecular complexity index is 977. The summed E-state index contributed by atoms with van der Waals surface area (Å²) in [5.41, 5.74) is 1.64. The van der Waals surface area contributed by atoms with Gasteiger partial charge in [-0.2, -0.15) is 0 Å². The normalized spacial score (nSPS) is 31.2. The summed E-state index contributed by atoms with van der Waals surface area (Å²) in [7, 11) is -1.81. The topological polar surface area (TPSA) is 80.9 Å². The molecule has 1 unspecified atom stereocenters. The minimum absolute atomic E-state index is 0.0000633. The fourth-order valence-corrected chi connectivity index (χ4v) is 8.61. The Morgan fingerprint density at radius 1 is 1.03 bits per heavy atom. The number of benzene rings is 1. The van der Waals surface area contributed by atoms with Crippen molar-refractivity contribution >= 4 is 34.0 Å². The number of aromatic hydroxyl groups is 2. The third-order valence-corrected chi connectivity index (χ3v) is 9.72. The molecule has 4 N–H and O–H groups in total. The predicted molar refractivity (Wildman–Crippen MR) is 118 cm³/mol. The highest BCUT2D eigenvalue weighted by molar-refractivity contribution is 7.21. The van der Waals surface area contributed by atoms with E-state index >= 15 is 0 Å². The fraction of sp³-hybridized carbons (Fsp3) is 0.652. The van der Waals surface area contributed by atoms with E-state index in [4.69, 9.17) is 0 Å².